The Kier molecular flexibility index (Phi) is 4.98. The van der Waals surface area contributed by atoms with Crippen LogP contribution in [0.1, 0.15) is 57.4 Å². The van der Waals surface area contributed by atoms with Crippen molar-refractivity contribution < 1.29 is 19.4 Å². The van der Waals surface area contributed by atoms with E-state index in [9.17, 15) is 9.90 Å². The molecule has 174 valence electrons. The summed E-state index contributed by atoms with van der Waals surface area (Å²) in [5.74, 6) is 0.880. The molecule has 6 rings (SSSR count). The van der Waals surface area contributed by atoms with Crippen LogP contribution in [0.5, 0.6) is 0 Å². The van der Waals surface area contributed by atoms with E-state index >= 15 is 0 Å². The summed E-state index contributed by atoms with van der Waals surface area (Å²) in [6.45, 7) is 5.79. The minimum Gasteiger partial charge on any atom is -0.462 e. The molecule has 0 amide bonds. The van der Waals surface area contributed by atoms with E-state index in [0.717, 1.165) is 51.9 Å². The number of likely N-dealkylation sites (tertiary alicyclic amines) is 1. The number of hydrogen-bond acceptors (Lipinski definition) is 5. The first-order valence-corrected chi connectivity index (χ1v) is 12.7. The molecule has 2 saturated carbocycles. The van der Waals surface area contributed by atoms with Crippen LogP contribution in [0.25, 0.3) is 0 Å². The van der Waals surface area contributed by atoms with Crippen molar-refractivity contribution in [2.75, 3.05) is 26.2 Å². The van der Waals surface area contributed by atoms with Gasteiger partial charge in [0.05, 0.1) is 23.7 Å². The highest BCUT2D eigenvalue weighted by Gasteiger charge is 2.65. The molecule has 6 atom stereocenters. The SMILES string of the molecule is C[C@]12CCC[C@]3(CO3)[C@@H]1C[C@@H]1[C@@H](C2)OC(=O)[C@@H]1CN1CCC(O)(Cc2ccccc2)CC1. The quantitative estimate of drug-likeness (QED) is 0.574. The maximum atomic E-state index is 12.9. The molecule has 0 aromatic heterocycles. The highest BCUT2D eigenvalue weighted by Crippen LogP contribution is 2.62. The average Bonchev–Trinajstić information content (AvgIpc) is 3.47. The van der Waals surface area contributed by atoms with Gasteiger partial charge in [-0.3, -0.25) is 4.79 Å². The maximum absolute atomic E-state index is 12.9. The Balaban J connectivity index is 1.10. The molecule has 3 saturated heterocycles. The van der Waals surface area contributed by atoms with E-state index in [4.69, 9.17) is 9.47 Å². The Morgan fingerprint density at radius 3 is 2.59 bits per heavy atom. The van der Waals surface area contributed by atoms with E-state index in [1.54, 1.807) is 0 Å². The summed E-state index contributed by atoms with van der Waals surface area (Å²) in [5.41, 5.74) is 0.915. The van der Waals surface area contributed by atoms with Gasteiger partial charge >= 0.3 is 5.97 Å². The zero-order valence-electron chi connectivity index (χ0n) is 19.3. The van der Waals surface area contributed by atoms with Gasteiger partial charge < -0.3 is 19.5 Å². The van der Waals surface area contributed by atoms with Crippen LogP contribution in [0.15, 0.2) is 30.3 Å². The molecule has 0 unspecified atom stereocenters. The van der Waals surface area contributed by atoms with Gasteiger partial charge in [0.15, 0.2) is 0 Å². The Bertz CT molecular complexity index is 860. The third-order valence-electron chi connectivity index (χ3n) is 9.70. The summed E-state index contributed by atoms with van der Waals surface area (Å²) in [6, 6.07) is 10.3. The lowest BCUT2D eigenvalue weighted by Crippen LogP contribution is -2.52. The molecule has 3 aliphatic heterocycles. The van der Waals surface area contributed by atoms with E-state index in [-0.39, 0.29) is 29.0 Å². The highest BCUT2D eigenvalue weighted by molar-refractivity contribution is 5.75. The van der Waals surface area contributed by atoms with Crippen LogP contribution in [-0.4, -0.2) is 59.5 Å². The first-order chi connectivity index (χ1) is 15.4. The number of ether oxygens (including phenoxy) is 2. The summed E-state index contributed by atoms with van der Waals surface area (Å²) in [4.78, 5) is 15.3. The monoisotopic (exact) mass is 439 g/mol. The van der Waals surface area contributed by atoms with Gasteiger partial charge in [0.2, 0.25) is 0 Å². The number of hydrogen-bond donors (Lipinski definition) is 1. The molecule has 3 heterocycles. The largest absolute Gasteiger partial charge is 0.462 e. The molecular weight excluding hydrogens is 402 g/mol. The van der Waals surface area contributed by atoms with Gasteiger partial charge in [0, 0.05) is 32.0 Å². The van der Waals surface area contributed by atoms with Gasteiger partial charge in [-0.05, 0) is 61.8 Å². The van der Waals surface area contributed by atoms with E-state index in [0.29, 0.717) is 18.3 Å². The second kappa shape index (κ2) is 7.54. The molecular formula is C27H37NO4. The lowest BCUT2D eigenvalue weighted by atomic mass is 9.53. The lowest BCUT2D eigenvalue weighted by Gasteiger charge is -2.51. The predicted molar refractivity (Wildman–Crippen MR) is 121 cm³/mol. The fourth-order valence-electron chi connectivity index (χ4n) is 7.75. The van der Waals surface area contributed by atoms with Crippen LogP contribution in [0, 0.1) is 23.2 Å². The standard InChI is InChI=1S/C27H37NO4/c1-25-8-5-9-27(18-31-27)23(25)14-20-21(24(29)32-22(20)16-25)17-28-12-10-26(30,11-13-28)15-19-6-3-2-4-7-19/h2-4,6-7,20-23,30H,5,8-18H2,1H3/t20-,21+,22+,23+,25+,27-/m0/s1. The number of fused-ring (bicyclic) bond motifs is 3. The minimum atomic E-state index is -0.638. The van der Waals surface area contributed by atoms with Gasteiger partial charge in [-0.1, -0.05) is 37.3 Å². The predicted octanol–water partition coefficient (Wildman–Crippen LogP) is 3.58. The summed E-state index contributed by atoms with van der Waals surface area (Å²) in [7, 11) is 0. The smallest absolute Gasteiger partial charge is 0.310 e. The Morgan fingerprint density at radius 1 is 1.12 bits per heavy atom. The molecule has 5 fully saturated rings. The van der Waals surface area contributed by atoms with Crippen LogP contribution >= 0.6 is 0 Å². The van der Waals surface area contributed by atoms with Crippen molar-refractivity contribution >= 4 is 5.97 Å². The van der Waals surface area contributed by atoms with E-state index < -0.39 is 5.60 Å². The number of epoxide rings is 1. The Labute approximate surface area is 191 Å². The molecule has 5 heteroatoms. The summed E-state index contributed by atoms with van der Waals surface area (Å²) >= 11 is 0. The molecule has 0 bridgehead atoms. The molecule has 1 spiro atoms. The Hall–Kier alpha value is -1.43. The average molecular weight is 440 g/mol. The van der Waals surface area contributed by atoms with Gasteiger partial charge in [-0.15, -0.1) is 0 Å². The molecule has 1 aromatic rings. The number of esters is 1. The van der Waals surface area contributed by atoms with Gasteiger partial charge in [0.1, 0.15) is 6.10 Å². The number of nitrogens with zero attached hydrogens (tertiary/aromatic N) is 1. The lowest BCUT2D eigenvalue weighted by molar-refractivity contribution is -0.147. The second-order valence-electron chi connectivity index (χ2n) is 11.8. The number of piperidine rings is 1. The third kappa shape index (κ3) is 3.61. The van der Waals surface area contributed by atoms with Crippen molar-refractivity contribution in [2.24, 2.45) is 23.2 Å². The third-order valence-corrected chi connectivity index (χ3v) is 9.70. The fourth-order valence-corrected chi connectivity index (χ4v) is 7.75. The topological polar surface area (TPSA) is 62.3 Å². The molecule has 5 aliphatic rings. The Morgan fingerprint density at radius 2 is 1.88 bits per heavy atom. The van der Waals surface area contributed by atoms with Crippen molar-refractivity contribution in [3.8, 4) is 0 Å². The van der Waals surface area contributed by atoms with Crippen molar-refractivity contribution in [1.29, 1.82) is 0 Å². The number of carbonyl (C=O) groups is 1. The fraction of sp³-hybridized carbons (Fsp3) is 0.741. The van der Waals surface area contributed by atoms with Crippen LogP contribution < -0.4 is 0 Å². The molecule has 32 heavy (non-hydrogen) atoms. The number of carbonyl (C=O) groups excluding carboxylic acids is 1. The van der Waals surface area contributed by atoms with Crippen LogP contribution in [0.4, 0.5) is 0 Å². The highest BCUT2D eigenvalue weighted by atomic mass is 16.6. The van der Waals surface area contributed by atoms with E-state index in [1.807, 2.05) is 18.2 Å². The number of benzene rings is 1. The van der Waals surface area contributed by atoms with Crippen molar-refractivity contribution in [3.63, 3.8) is 0 Å². The van der Waals surface area contributed by atoms with E-state index in [2.05, 4.69) is 24.0 Å². The number of aliphatic hydroxyl groups is 1. The first kappa shape index (κ1) is 21.1. The molecule has 2 aliphatic carbocycles. The van der Waals surface area contributed by atoms with Crippen molar-refractivity contribution in [3.05, 3.63) is 35.9 Å². The molecule has 0 radical (unpaired) electrons. The maximum Gasteiger partial charge on any atom is 0.310 e. The van der Waals surface area contributed by atoms with Gasteiger partial charge in [0.25, 0.3) is 0 Å². The zero-order chi connectivity index (χ0) is 22.0. The molecule has 1 N–H and O–H groups in total. The van der Waals surface area contributed by atoms with Crippen LogP contribution in [-0.2, 0) is 20.7 Å². The second-order valence-corrected chi connectivity index (χ2v) is 11.8. The van der Waals surface area contributed by atoms with Crippen molar-refractivity contribution in [1.82, 2.24) is 4.90 Å². The molecule has 1 aromatic carbocycles. The first-order valence-electron chi connectivity index (χ1n) is 12.7. The normalized spacial score (nSPS) is 42.9. The molecule has 5 nitrogen and oxygen atoms in total. The van der Waals surface area contributed by atoms with Crippen molar-refractivity contribution in [2.45, 2.75) is 75.6 Å². The van der Waals surface area contributed by atoms with E-state index in [1.165, 1.54) is 24.8 Å². The van der Waals surface area contributed by atoms with Gasteiger partial charge in [-0.2, -0.15) is 0 Å². The zero-order valence-corrected chi connectivity index (χ0v) is 19.3. The summed E-state index contributed by atoms with van der Waals surface area (Å²) in [5, 5.41) is 11.1. The summed E-state index contributed by atoms with van der Waals surface area (Å²) in [6.07, 6.45) is 8.06. The van der Waals surface area contributed by atoms with Crippen LogP contribution in [0.2, 0.25) is 0 Å². The summed E-state index contributed by atoms with van der Waals surface area (Å²) < 4.78 is 12.0. The number of rotatable bonds is 4. The van der Waals surface area contributed by atoms with Gasteiger partial charge in [-0.25, -0.2) is 0 Å². The van der Waals surface area contributed by atoms with Crippen LogP contribution in [0.3, 0.4) is 0 Å². The minimum absolute atomic E-state index is 0.0122.